The number of piperidine rings is 1. The minimum Gasteiger partial charge on any atom is -0.498 e. The van der Waals surface area contributed by atoms with Crippen LogP contribution < -0.4 is 9.59 Å². The Kier molecular flexibility index (Phi) is 5.97. The number of benzene rings is 2. The zero-order valence-electron chi connectivity index (χ0n) is 17.8. The van der Waals surface area contributed by atoms with Gasteiger partial charge in [-0.15, -0.1) is 0 Å². The maximum atomic E-state index is 13.5. The van der Waals surface area contributed by atoms with E-state index in [-0.39, 0.29) is 35.5 Å². The number of quaternary nitrogens is 1. The Hall–Kier alpha value is -3.47. The Labute approximate surface area is 186 Å². The predicted octanol–water partition coefficient (Wildman–Crippen LogP) is 3.85. The van der Waals surface area contributed by atoms with Gasteiger partial charge in [-0.1, -0.05) is 12.1 Å². The second-order valence-electron chi connectivity index (χ2n) is 8.69. The fourth-order valence-corrected chi connectivity index (χ4v) is 4.59. The van der Waals surface area contributed by atoms with Gasteiger partial charge in [0.05, 0.1) is 17.0 Å². The minimum atomic E-state index is -4.64. The van der Waals surface area contributed by atoms with Gasteiger partial charge in [0.25, 0.3) is 11.8 Å². The first kappa shape index (κ1) is 24.2. The van der Waals surface area contributed by atoms with Gasteiger partial charge in [-0.3, -0.25) is 14.9 Å². The molecule has 3 atom stereocenters. The third kappa shape index (κ3) is 4.40. The molecular formula is C22H21F3N2O6. The number of nitrogens with zero attached hydrogens (tertiary/aromatic N) is 2. The summed E-state index contributed by atoms with van der Waals surface area (Å²) >= 11 is 0. The molecule has 0 spiro atoms. The van der Waals surface area contributed by atoms with E-state index in [1.54, 1.807) is 0 Å². The van der Waals surface area contributed by atoms with Crippen molar-refractivity contribution >= 4 is 23.4 Å². The van der Waals surface area contributed by atoms with Crippen molar-refractivity contribution in [2.45, 2.75) is 32.4 Å². The van der Waals surface area contributed by atoms with Gasteiger partial charge >= 0.3 is 12.1 Å². The molecular weight excluding hydrogens is 445 g/mol. The molecule has 0 saturated carbocycles. The fourth-order valence-electron chi connectivity index (χ4n) is 4.59. The number of alkyl halides is 3. The van der Waals surface area contributed by atoms with Crippen molar-refractivity contribution < 1.29 is 37.9 Å². The number of amides is 1. The lowest BCUT2D eigenvalue weighted by Gasteiger charge is -2.49. The molecule has 33 heavy (non-hydrogen) atoms. The van der Waals surface area contributed by atoms with Crippen LogP contribution in [-0.4, -0.2) is 35.2 Å². The molecule has 1 fully saturated rings. The molecule has 1 heterocycles. The molecule has 8 nitrogen and oxygen atoms in total. The SMILES string of the molecule is Cc1ccc(C2CC(C)(C(=O)O)C[N+](C(=O)[O-])(c3ccc([N+](=O)[O-])cc3)C2)cc1C(F)(F)F. The van der Waals surface area contributed by atoms with Crippen LogP contribution in [0.2, 0.25) is 0 Å². The van der Waals surface area contributed by atoms with E-state index in [2.05, 4.69) is 0 Å². The maximum Gasteiger partial charge on any atom is 0.416 e. The lowest BCUT2D eigenvalue weighted by atomic mass is 9.73. The number of carboxylic acids is 1. The number of hydrogen-bond donors (Lipinski definition) is 1. The van der Waals surface area contributed by atoms with Crippen molar-refractivity contribution in [3.05, 3.63) is 69.3 Å². The van der Waals surface area contributed by atoms with E-state index in [0.29, 0.717) is 0 Å². The summed E-state index contributed by atoms with van der Waals surface area (Å²) in [5, 5.41) is 33.3. The van der Waals surface area contributed by atoms with Crippen LogP contribution in [0.4, 0.5) is 29.3 Å². The van der Waals surface area contributed by atoms with E-state index in [1.807, 2.05) is 0 Å². The first-order chi connectivity index (χ1) is 15.2. The van der Waals surface area contributed by atoms with Gasteiger partial charge in [0, 0.05) is 30.2 Å². The average molecular weight is 466 g/mol. The van der Waals surface area contributed by atoms with Crippen LogP contribution in [0.3, 0.4) is 0 Å². The van der Waals surface area contributed by atoms with Gasteiger partial charge in [0.2, 0.25) is 0 Å². The molecule has 0 radical (unpaired) electrons. The summed E-state index contributed by atoms with van der Waals surface area (Å²) in [5.74, 6) is -2.17. The van der Waals surface area contributed by atoms with E-state index < -0.39 is 51.1 Å². The summed E-state index contributed by atoms with van der Waals surface area (Å²) in [4.78, 5) is 34.8. The summed E-state index contributed by atoms with van der Waals surface area (Å²) in [5.41, 5.74) is -2.61. The number of halogens is 3. The van der Waals surface area contributed by atoms with Crippen LogP contribution in [0.15, 0.2) is 42.5 Å². The van der Waals surface area contributed by atoms with Crippen molar-refractivity contribution in [2.75, 3.05) is 13.1 Å². The van der Waals surface area contributed by atoms with Crippen LogP contribution in [0, 0.1) is 22.5 Å². The number of carbonyl (C=O) groups excluding carboxylic acids is 1. The monoisotopic (exact) mass is 466 g/mol. The molecule has 2 aromatic carbocycles. The quantitative estimate of drug-likeness (QED) is 0.415. The van der Waals surface area contributed by atoms with Crippen molar-refractivity contribution in [3.63, 3.8) is 0 Å². The Balaban J connectivity index is 2.17. The second kappa shape index (κ2) is 8.14. The third-order valence-corrected chi connectivity index (χ3v) is 6.31. The standard InChI is InChI=1S/C22H21F3N2O6/c1-13-3-4-14(9-18(13)22(23,24)25)15-10-21(2,19(28)29)12-27(11-15,20(30)31)17-7-5-16(6-8-17)26(32)33/h3-9,15H,10-12H2,1-2H3,(H-,28,29,30,31). The van der Waals surface area contributed by atoms with Crippen LogP contribution in [0.1, 0.15) is 36.0 Å². The van der Waals surface area contributed by atoms with Crippen molar-refractivity contribution in [1.29, 1.82) is 0 Å². The molecule has 1 N–H and O–H groups in total. The van der Waals surface area contributed by atoms with Crippen molar-refractivity contribution in [3.8, 4) is 0 Å². The number of hydrogen-bond acceptors (Lipinski definition) is 5. The highest BCUT2D eigenvalue weighted by Crippen LogP contribution is 2.45. The summed E-state index contributed by atoms with van der Waals surface area (Å²) in [6.07, 6.45) is -6.38. The summed E-state index contributed by atoms with van der Waals surface area (Å²) < 4.78 is 39.4. The number of nitro groups is 1. The molecule has 1 aliphatic rings. The van der Waals surface area contributed by atoms with E-state index in [9.17, 15) is 43.1 Å². The molecule has 0 bridgehead atoms. The van der Waals surface area contributed by atoms with Gasteiger partial charge in [-0.05, 0) is 37.5 Å². The molecule has 3 rings (SSSR count). The lowest BCUT2D eigenvalue weighted by molar-refractivity contribution is -0.384. The normalized spacial score (nSPS) is 25.4. The van der Waals surface area contributed by atoms with Crippen molar-refractivity contribution in [2.24, 2.45) is 5.41 Å². The van der Waals surface area contributed by atoms with Gasteiger partial charge < -0.3 is 15.0 Å². The molecule has 176 valence electrons. The molecule has 2 aromatic rings. The Morgan fingerprint density at radius 2 is 1.79 bits per heavy atom. The van der Waals surface area contributed by atoms with E-state index >= 15 is 0 Å². The molecule has 1 amide bonds. The highest BCUT2D eigenvalue weighted by molar-refractivity contribution is 5.83. The maximum absolute atomic E-state index is 13.5. The second-order valence-corrected chi connectivity index (χ2v) is 8.69. The van der Waals surface area contributed by atoms with Crippen LogP contribution in [0.5, 0.6) is 0 Å². The number of likely N-dealkylation sites (tertiary alicyclic amines) is 1. The van der Waals surface area contributed by atoms with E-state index in [4.69, 9.17) is 0 Å². The molecule has 11 heteroatoms. The third-order valence-electron chi connectivity index (χ3n) is 6.31. The number of carboxylic acid groups (broad SMARTS) is 2. The Morgan fingerprint density at radius 3 is 2.27 bits per heavy atom. The summed E-state index contributed by atoms with van der Waals surface area (Å²) in [6.45, 7) is 1.93. The topological polar surface area (TPSA) is 121 Å². The first-order valence-corrected chi connectivity index (χ1v) is 9.94. The fraction of sp³-hybridized carbons (Fsp3) is 0.364. The average Bonchev–Trinajstić information content (AvgIpc) is 2.72. The number of aryl methyl sites for hydroxylation is 1. The van der Waals surface area contributed by atoms with Gasteiger partial charge in [0.1, 0.15) is 17.6 Å². The minimum absolute atomic E-state index is 0.0147. The van der Waals surface area contributed by atoms with Gasteiger partial charge in [-0.25, -0.2) is 4.48 Å². The number of aliphatic carboxylic acids is 1. The molecule has 3 unspecified atom stereocenters. The molecule has 1 saturated heterocycles. The summed E-state index contributed by atoms with van der Waals surface area (Å²) in [6, 6.07) is 8.21. The zero-order valence-corrected chi connectivity index (χ0v) is 17.8. The highest BCUT2D eigenvalue weighted by Gasteiger charge is 2.53. The highest BCUT2D eigenvalue weighted by atomic mass is 19.4. The van der Waals surface area contributed by atoms with Crippen LogP contribution in [-0.2, 0) is 11.0 Å². The summed E-state index contributed by atoms with van der Waals surface area (Å²) in [7, 11) is 0. The van der Waals surface area contributed by atoms with Crippen LogP contribution >= 0.6 is 0 Å². The Bertz CT molecular complexity index is 1120. The van der Waals surface area contributed by atoms with Gasteiger partial charge in [0.15, 0.2) is 0 Å². The predicted molar refractivity (Wildman–Crippen MR) is 109 cm³/mol. The van der Waals surface area contributed by atoms with E-state index in [1.165, 1.54) is 38.1 Å². The number of carbonyl (C=O) groups is 2. The Morgan fingerprint density at radius 1 is 1.18 bits per heavy atom. The number of non-ortho nitro benzene ring substituents is 1. The van der Waals surface area contributed by atoms with Gasteiger partial charge in [-0.2, -0.15) is 13.2 Å². The largest absolute Gasteiger partial charge is 0.498 e. The first-order valence-electron chi connectivity index (χ1n) is 9.94. The number of nitro benzene ring substituents is 1. The molecule has 0 aliphatic carbocycles. The smallest absolute Gasteiger partial charge is 0.416 e. The lowest BCUT2D eigenvalue weighted by Crippen LogP contribution is -2.68. The van der Waals surface area contributed by atoms with Crippen LogP contribution in [0.25, 0.3) is 0 Å². The van der Waals surface area contributed by atoms with Crippen molar-refractivity contribution in [1.82, 2.24) is 4.48 Å². The molecule has 0 aromatic heterocycles. The molecule has 1 aliphatic heterocycles. The zero-order chi connectivity index (χ0) is 24.8. The number of rotatable bonds is 4. The van der Waals surface area contributed by atoms with E-state index in [0.717, 1.165) is 18.2 Å².